The first kappa shape index (κ1) is 18.1. The van der Waals surface area contributed by atoms with Gasteiger partial charge in [0.15, 0.2) is 0 Å². The van der Waals surface area contributed by atoms with E-state index in [0.29, 0.717) is 19.5 Å². The van der Waals surface area contributed by atoms with Crippen molar-refractivity contribution in [1.82, 2.24) is 19.9 Å². The first-order valence-electron chi connectivity index (χ1n) is 5.79. The van der Waals surface area contributed by atoms with Gasteiger partial charge in [-0.15, -0.1) is 0 Å². The van der Waals surface area contributed by atoms with Crippen molar-refractivity contribution in [2.45, 2.75) is 17.2 Å². The molecule has 0 amide bonds. The van der Waals surface area contributed by atoms with E-state index in [1.165, 1.54) is 0 Å². The molecular formula is C10H13Cl2F4N5. The normalized spacial score (nSPS) is 12.8. The first-order valence-corrected chi connectivity index (χ1v) is 6.55. The van der Waals surface area contributed by atoms with Crippen molar-refractivity contribution in [3.8, 4) is 0 Å². The summed E-state index contributed by atoms with van der Waals surface area (Å²) >= 11 is 9.49. The number of anilines is 1. The summed E-state index contributed by atoms with van der Waals surface area (Å²) in [5, 5.41) is -5.45. The maximum absolute atomic E-state index is 13.0. The average Bonchev–Trinajstić information content (AvgIpc) is 2.32. The van der Waals surface area contributed by atoms with Gasteiger partial charge in [-0.05, 0) is 50.3 Å². The minimum absolute atomic E-state index is 0.294. The predicted octanol–water partition coefficient (Wildman–Crippen LogP) is 2.81. The van der Waals surface area contributed by atoms with Crippen LogP contribution in [0.2, 0.25) is 0 Å². The maximum Gasteiger partial charge on any atom is 0.381 e. The smallest absolute Gasteiger partial charge is 0.354 e. The molecule has 0 unspecified atom stereocenters. The Bertz CT molecular complexity index is 443. The van der Waals surface area contributed by atoms with Crippen molar-refractivity contribution in [3.05, 3.63) is 11.6 Å². The Morgan fingerprint density at radius 2 is 1.48 bits per heavy atom. The number of halogens is 6. The quantitative estimate of drug-likeness (QED) is 0.466. The number of nitrogens with zero attached hydrogens (tertiary/aromatic N) is 4. The fourth-order valence-electron chi connectivity index (χ4n) is 1.30. The summed E-state index contributed by atoms with van der Waals surface area (Å²) in [6.07, 6.45) is 0.623. The highest BCUT2D eigenvalue weighted by Gasteiger charge is 2.38. The van der Waals surface area contributed by atoms with E-state index >= 15 is 0 Å². The fraction of sp³-hybridized carbons (Fsp3) is 0.700. The molecule has 0 bridgehead atoms. The maximum atomic E-state index is 13.0. The highest BCUT2D eigenvalue weighted by atomic mass is 35.5. The van der Waals surface area contributed by atoms with Gasteiger partial charge in [0.2, 0.25) is 17.6 Å². The summed E-state index contributed by atoms with van der Waals surface area (Å²) in [5.41, 5.74) is 0. The van der Waals surface area contributed by atoms with E-state index in [2.05, 4.69) is 20.3 Å². The van der Waals surface area contributed by atoms with Gasteiger partial charge in [0.1, 0.15) is 0 Å². The molecule has 0 saturated heterocycles. The Balaban J connectivity index is 2.93. The minimum atomic E-state index is -4.00. The van der Waals surface area contributed by atoms with Gasteiger partial charge in [-0.3, -0.25) is 0 Å². The molecule has 21 heavy (non-hydrogen) atoms. The van der Waals surface area contributed by atoms with Crippen LogP contribution in [0.4, 0.5) is 23.5 Å². The third-order valence-electron chi connectivity index (χ3n) is 2.21. The van der Waals surface area contributed by atoms with Gasteiger partial charge in [-0.25, -0.2) is 4.98 Å². The molecule has 120 valence electrons. The molecule has 1 aromatic heterocycles. The number of rotatable bonds is 7. The SMILES string of the molecule is CN(C)CCCNc1nc(C(F)(F)Cl)nc(C(F)(F)Cl)n1. The van der Waals surface area contributed by atoms with Crippen LogP contribution in [0.25, 0.3) is 0 Å². The lowest BCUT2D eigenvalue weighted by atomic mass is 10.4. The summed E-state index contributed by atoms with van der Waals surface area (Å²) in [6, 6.07) is 0. The van der Waals surface area contributed by atoms with Crippen LogP contribution >= 0.6 is 23.2 Å². The number of aromatic nitrogens is 3. The summed E-state index contributed by atoms with van der Waals surface area (Å²) in [6.45, 7) is 0.998. The minimum Gasteiger partial charge on any atom is -0.354 e. The van der Waals surface area contributed by atoms with E-state index in [1.807, 2.05) is 19.0 Å². The average molecular weight is 350 g/mol. The Labute approximate surface area is 128 Å². The van der Waals surface area contributed by atoms with Gasteiger partial charge in [-0.2, -0.15) is 27.5 Å². The molecule has 0 fully saturated rings. The first-order chi connectivity index (χ1) is 9.50. The molecule has 0 radical (unpaired) electrons. The third-order valence-corrected chi connectivity index (χ3v) is 2.55. The van der Waals surface area contributed by atoms with E-state index in [-0.39, 0.29) is 0 Å². The van der Waals surface area contributed by atoms with Crippen LogP contribution in [0.15, 0.2) is 0 Å². The van der Waals surface area contributed by atoms with Gasteiger partial charge in [0, 0.05) is 6.54 Å². The second kappa shape index (κ2) is 6.89. The number of nitrogens with one attached hydrogen (secondary N) is 1. The summed E-state index contributed by atoms with van der Waals surface area (Å²) in [5.74, 6) is -3.01. The van der Waals surface area contributed by atoms with Gasteiger partial charge < -0.3 is 10.2 Å². The van der Waals surface area contributed by atoms with E-state index in [4.69, 9.17) is 23.2 Å². The molecule has 1 aromatic rings. The van der Waals surface area contributed by atoms with Crippen molar-refractivity contribution in [2.24, 2.45) is 0 Å². The van der Waals surface area contributed by atoms with Crippen molar-refractivity contribution >= 4 is 29.2 Å². The van der Waals surface area contributed by atoms with E-state index in [9.17, 15) is 17.6 Å². The molecule has 0 aliphatic heterocycles. The van der Waals surface area contributed by atoms with E-state index < -0.39 is 28.4 Å². The largest absolute Gasteiger partial charge is 0.381 e. The Morgan fingerprint density at radius 3 is 1.86 bits per heavy atom. The van der Waals surface area contributed by atoms with Crippen molar-refractivity contribution in [2.75, 3.05) is 32.5 Å². The molecular weight excluding hydrogens is 337 g/mol. The summed E-state index contributed by atoms with van der Waals surface area (Å²) < 4.78 is 51.9. The van der Waals surface area contributed by atoms with Crippen LogP contribution < -0.4 is 5.32 Å². The van der Waals surface area contributed by atoms with Crippen LogP contribution in [0.5, 0.6) is 0 Å². The Hall–Kier alpha value is -0.930. The standard InChI is InChI=1S/C10H13Cl2F4N5/c1-21(2)5-3-4-17-8-19-6(9(11,13)14)18-7(20-8)10(12,15)16/h3-5H2,1-2H3,(H,17,18,19,20). The topological polar surface area (TPSA) is 53.9 Å². The zero-order valence-corrected chi connectivity index (χ0v) is 12.7. The molecule has 0 saturated carbocycles. The monoisotopic (exact) mass is 349 g/mol. The number of alkyl halides is 6. The number of hydrogen-bond acceptors (Lipinski definition) is 5. The van der Waals surface area contributed by atoms with E-state index in [1.54, 1.807) is 0 Å². The van der Waals surface area contributed by atoms with Gasteiger partial charge >= 0.3 is 10.8 Å². The Kier molecular flexibility index (Phi) is 5.94. The molecule has 0 aliphatic carbocycles. The molecule has 0 aromatic carbocycles. The lowest BCUT2D eigenvalue weighted by Crippen LogP contribution is -2.21. The third kappa shape index (κ3) is 6.15. The molecule has 11 heteroatoms. The molecule has 0 atom stereocenters. The van der Waals surface area contributed by atoms with Crippen molar-refractivity contribution in [1.29, 1.82) is 0 Å². The zero-order valence-electron chi connectivity index (χ0n) is 11.2. The molecule has 0 aliphatic rings. The van der Waals surface area contributed by atoms with E-state index in [0.717, 1.165) is 0 Å². The fourth-order valence-corrected chi connectivity index (χ4v) is 1.47. The van der Waals surface area contributed by atoms with Crippen molar-refractivity contribution < 1.29 is 17.6 Å². The van der Waals surface area contributed by atoms with Crippen LogP contribution in [0.3, 0.4) is 0 Å². The van der Waals surface area contributed by atoms with Crippen LogP contribution in [0, 0.1) is 0 Å². The van der Waals surface area contributed by atoms with Gasteiger partial charge in [0.25, 0.3) is 0 Å². The summed E-state index contributed by atoms with van der Waals surface area (Å²) in [4.78, 5) is 11.4. The highest BCUT2D eigenvalue weighted by Crippen LogP contribution is 2.34. The predicted molar refractivity (Wildman–Crippen MR) is 71.0 cm³/mol. The second-order valence-electron chi connectivity index (χ2n) is 4.39. The zero-order chi connectivity index (χ0) is 16.3. The lowest BCUT2D eigenvalue weighted by molar-refractivity contribution is 0.0702. The Morgan fingerprint density at radius 1 is 1.00 bits per heavy atom. The molecule has 1 N–H and O–H groups in total. The second-order valence-corrected chi connectivity index (χ2v) is 5.33. The van der Waals surface area contributed by atoms with Crippen LogP contribution in [-0.2, 0) is 10.8 Å². The highest BCUT2D eigenvalue weighted by molar-refractivity contribution is 6.22. The van der Waals surface area contributed by atoms with Crippen LogP contribution in [0.1, 0.15) is 18.1 Å². The molecule has 5 nitrogen and oxygen atoms in total. The van der Waals surface area contributed by atoms with Crippen LogP contribution in [-0.4, -0.2) is 47.0 Å². The number of hydrogen-bond donors (Lipinski definition) is 1. The van der Waals surface area contributed by atoms with Gasteiger partial charge in [-0.1, -0.05) is 0 Å². The lowest BCUT2D eigenvalue weighted by Gasteiger charge is -2.14. The van der Waals surface area contributed by atoms with Crippen molar-refractivity contribution in [3.63, 3.8) is 0 Å². The molecule has 1 rings (SSSR count). The molecule has 0 spiro atoms. The summed E-state index contributed by atoms with van der Waals surface area (Å²) in [7, 11) is 3.70. The molecule has 1 heterocycles. The van der Waals surface area contributed by atoms with Gasteiger partial charge in [0.05, 0.1) is 0 Å².